The number of nitrogens with zero attached hydrogens (tertiary/aromatic N) is 2. The largest absolute Gasteiger partial charge is 0.507 e. The molecule has 10 nitrogen and oxygen atoms in total. The van der Waals surface area contributed by atoms with Gasteiger partial charge in [0, 0.05) is 5.56 Å². The Bertz CT molecular complexity index is 1540. The lowest BCUT2D eigenvalue weighted by atomic mass is 9.94. The normalized spacial score (nSPS) is 16.2. The number of thiazole rings is 1. The van der Waals surface area contributed by atoms with E-state index in [1.54, 1.807) is 39.0 Å². The second kappa shape index (κ2) is 11.6. The van der Waals surface area contributed by atoms with Crippen molar-refractivity contribution in [2.75, 3.05) is 25.2 Å². The van der Waals surface area contributed by atoms with Gasteiger partial charge in [-0.05, 0) is 62.2 Å². The van der Waals surface area contributed by atoms with Gasteiger partial charge >= 0.3 is 11.9 Å². The number of carbonyl (C=O) groups excluding carboxylic acids is 3. The van der Waals surface area contributed by atoms with Crippen molar-refractivity contribution in [3.8, 4) is 17.2 Å². The van der Waals surface area contributed by atoms with E-state index in [1.807, 2.05) is 0 Å². The molecular formula is C29H28N2O8S. The Morgan fingerprint density at radius 3 is 2.58 bits per heavy atom. The van der Waals surface area contributed by atoms with Crippen molar-refractivity contribution in [3.63, 3.8) is 0 Å². The number of phenols is 1. The molecule has 1 saturated heterocycles. The molecule has 1 aliphatic heterocycles. The van der Waals surface area contributed by atoms with Crippen LogP contribution in [0.3, 0.4) is 0 Å². The minimum absolute atomic E-state index is 0.00892. The van der Waals surface area contributed by atoms with Crippen molar-refractivity contribution in [2.24, 2.45) is 0 Å². The highest BCUT2D eigenvalue weighted by Crippen LogP contribution is 2.45. The lowest BCUT2D eigenvalue weighted by Crippen LogP contribution is -2.29. The predicted molar refractivity (Wildman–Crippen MR) is 149 cm³/mol. The Hall–Kier alpha value is -4.64. The molecule has 1 amide bonds. The summed E-state index contributed by atoms with van der Waals surface area (Å²) in [6.45, 7) is 8.89. The Kier molecular flexibility index (Phi) is 8.24. The molecular weight excluding hydrogens is 536 g/mol. The quantitative estimate of drug-likeness (QED) is 0.123. The number of amides is 1. The number of aromatic nitrogens is 1. The monoisotopic (exact) mass is 564 g/mol. The van der Waals surface area contributed by atoms with Crippen molar-refractivity contribution < 1.29 is 38.8 Å². The average Bonchev–Trinajstić information content (AvgIpc) is 3.44. The fourth-order valence-electron chi connectivity index (χ4n) is 4.37. The summed E-state index contributed by atoms with van der Waals surface area (Å²) in [5.41, 5.74) is 1.50. The number of phenolic OH excluding ortho intramolecular Hbond substituents is 1. The molecule has 2 heterocycles. The van der Waals surface area contributed by atoms with Gasteiger partial charge < -0.3 is 24.4 Å². The second-order valence-corrected chi connectivity index (χ2v) is 9.79. The van der Waals surface area contributed by atoms with Gasteiger partial charge in [0.25, 0.3) is 5.78 Å². The minimum atomic E-state index is -1.15. The highest BCUT2D eigenvalue weighted by Gasteiger charge is 2.48. The van der Waals surface area contributed by atoms with Crippen LogP contribution in [0.25, 0.3) is 5.76 Å². The Morgan fingerprint density at radius 1 is 1.18 bits per heavy atom. The standard InChI is InChI=1S/C29H28N2O8S/c1-6-12-39-28(36)26-16(4)30-29(40-26)31-23(17-8-10-19(32)21(14-17)38-7-2)22(25(34)27(31)35)24(33)18-9-11-20(37-5)15(3)13-18/h6,8-11,13-14,23,32-33H,1,7,12H2,2-5H3/t23-/m1/s1. The molecule has 1 fully saturated rings. The number of hydrogen-bond donors (Lipinski definition) is 2. The number of methoxy groups -OCH3 is 1. The molecule has 2 N–H and O–H groups in total. The number of ketones is 1. The van der Waals surface area contributed by atoms with Crippen LogP contribution in [0.2, 0.25) is 0 Å². The first kappa shape index (κ1) is 28.4. The van der Waals surface area contributed by atoms with Crippen LogP contribution in [0, 0.1) is 13.8 Å². The van der Waals surface area contributed by atoms with Crippen LogP contribution in [0.5, 0.6) is 17.2 Å². The average molecular weight is 565 g/mol. The predicted octanol–water partition coefficient (Wildman–Crippen LogP) is 4.84. The summed E-state index contributed by atoms with van der Waals surface area (Å²) in [4.78, 5) is 45.3. The van der Waals surface area contributed by atoms with E-state index in [4.69, 9.17) is 14.2 Å². The molecule has 1 atom stereocenters. The summed E-state index contributed by atoms with van der Waals surface area (Å²) in [5, 5.41) is 21.8. The summed E-state index contributed by atoms with van der Waals surface area (Å²) >= 11 is 0.886. The number of aryl methyl sites for hydroxylation is 2. The number of aromatic hydroxyl groups is 1. The number of carbonyl (C=O) groups is 3. The van der Waals surface area contributed by atoms with E-state index in [1.165, 1.54) is 31.4 Å². The molecule has 0 saturated carbocycles. The van der Waals surface area contributed by atoms with Crippen molar-refractivity contribution >= 4 is 39.9 Å². The molecule has 40 heavy (non-hydrogen) atoms. The van der Waals surface area contributed by atoms with E-state index in [0.717, 1.165) is 16.2 Å². The Labute approximate surface area is 234 Å². The van der Waals surface area contributed by atoms with Gasteiger partial charge in [-0.2, -0.15) is 0 Å². The van der Waals surface area contributed by atoms with Gasteiger partial charge in [-0.25, -0.2) is 9.78 Å². The van der Waals surface area contributed by atoms with Gasteiger partial charge in [0.15, 0.2) is 16.6 Å². The number of ether oxygens (including phenoxy) is 3. The van der Waals surface area contributed by atoms with Gasteiger partial charge in [0.1, 0.15) is 23.0 Å². The van der Waals surface area contributed by atoms with Crippen LogP contribution in [0.4, 0.5) is 5.13 Å². The maximum atomic E-state index is 13.5. The number of esters is 1. The van der Waals surface area contributed by atoms with Crippen LogP contribution < -0.4 is 14.4 Å². The smallest absolute Gasteiger partial charge is 0.350 e. The minimum Gasteiger partial charge on any atom is -0.507 e. The van der Waals surface area contributed by atoms with E-state index in [-0.39, 0.29) is 40.3 Å². The van der Waals surface area contributed by atoms with Crippen LogP contribution in [0.15, 0.2) is 54.6 Å². The zero-order valence-corrected chi connectivity index (χ0v) is 23.2. The number of anilines is 1. The third-order valence-corrected chi connectivity index (χ3v) is 7.36. The molecule has 0 spiro atoms. The Balaban J connectivity index is 1.93. The first-order chi connectivity index (χ1) is 19.1. The van der Waals surface area contributed by atoms with Gasteiger partial charge in [-0.1, -0.05) is 30.1 Å². The van der Waals surface area contributed by atoms with Crippen molar-refractivity contribution in [1.82, 2.24) is 4.98 Å². The molecule has 11 heteroatoms. The summed E-state index contributed by atoms with van der Waals surface area (Å²) in [7, 11) is 1.52. The van der Waals surface area contributed by atoms with E-state index in [2.05, 4.69) is 11.6 Å². The maximum absolute atomic E-state index is 13.5. The molecule has 2 aromatic carbocycles. The van der Waals surface area contributed by atoms with Gasteiger partial charge in [0.05, 0.1) is 31.0 Å². The van der Waals surface area contributed by atoms with Crippen molar-refractivity contribution in [2.45, 2.75) is 26.8 Å². The molecule has 4 rings (SSSR count). The third kappa shape index (κ3) is 5.15. The number of hydrogen-bond acceptors (Lipinski definition) is 10. The summed E-state index contributed by atoms with van der Waals surface area (Å²) in [5.74, 6) is -2.34. The molecule has 1 aromatic heterocycles. The molecule has 0 bridgehead atoms. The van der Waals surface area contributed by atoms with E-state index < -0.39 is 29.5 Å². The highest BCUT2D eigenvalue weighted by molar-refractivity contribution is 7.17. The highest BCUT2D eigenvalue weighted by atomic mass is 32.1. The SMILES string of the molecule is C=CCOC(=O)c1sc(N2C(=O)C(=O)C(=C(O)c3ccc(OC)c(C)c3)[C@H]2c2ccc(O)c(OCC)c2)nc1C. The molecule has 0 aliphatic carbocycles. The fraction of sp³-hybridized carbons (Fsp3) is 0.241. The number of benzene rings is 2. The lowest BCUT2D eigenvalue weighted by molar-refractivity contribution is -0.132. The number of Topliss-reactive ketones (excluding diaryl/α,β-unsaturated/α-hetero) is 1. The fourth-order valence-corrected chi connectivity index (χ4v) is 5.36. The molecule has 3 aromatic rings. The second-order valence-electron chi connectivity index (χ2n) is 8.81. The zero-order chi connectivity index (χ0) is 29.1. The van der Waals surface area contributed by atoms with Crippen LogP contribution in [-0.4, -0.2) is 53.2 Å². The van der Waals surface area contributed by atoms with Crippen molar-refractivity contribution in [3.05, 3.63) is 81.9 Å². The van der Waals surface area contributed by atoms with Crippen LogP contribution >= 0.6 is 11.3 Å². The summed E-state index contributed by atoms with van der Waals surface area (Å²) < 4.78 is 16.0. The zero-order valence-electron chi connectivity index (χ0n) is 22.4. The summed E-state index contributed by atoms with van der Waals surface area (Å²) in [6, 6.07) is 8.11. The Morgan fingerprint density at radius 2 is 1.93 bits per heavy atom. The van der Waals surface area contributed by atoms with Gasteiger partial charge in [-0.15, -0.1) is 0 Å². The van der Waals surface area contributed by atoms with Gasteiger partial charge in [0.2, 0.25) is 0 Å². The molecule has 0 unspecified atom stereocenters. The molecule has 208 valence electrons. The van der Waals surface area contributed by atoms with Crippen molar-refractivity contribution in [1.29, 1.82) is 0 Å². The van der Waals surface area contributed by atoms with E-state index in [9.17, 15) is 24.6 Å². The topological polar surface area (TPSA) is 135 Å². The van der Waals surface area contributed by atoms with Crippen LogP contribution in [0.1, 0.15) is 45.0 Å². The van der Waals surface area contributed by atoms with E-state index >= 15 is 0 Å². The first-order valence-electron chi connectivity index (χ1n) is 12.3. The number of aliphatic hydroxyl groups excluding tert-OH is 1. The molecule has 1 aliphatic rings. The molecule has 0 radical (unpaired) electrons. The maximum Gasteiger partial charge on any atom is 0.350 e. The third-order valence-electron chi connectivity index (χ3n) is 6.22. The first-order valence-corrected chi connectivity index (χ1v) is 13.1. The van der Waals surface area contributed by atoms with Crippen LogP contribution in [-0.2, 0) is 14.3 Å². The number of rotatable bonds is 9. The van der Waals surface area contributed by atoms with Gasteiger partial charge in [-0.3, -0.25) is 14.5 Å². The summed E-state index contributed by atoms with van der Waals surface area (Å²) in [6.07, 6.45) is 1.43. The lowest BCUT2D eigenvalue weighted by Gasteiger charge is -2.23. The number of aliphatic hydroxyl groups is 1. The van der Waals surface area contributed by atoms with E-state index in [0.29, 0.717) is 28.1 Å².